The molecule has 2 bridgehead atoms. The molecule has 0 aromatic heterocycles. The van der Waals surface area contributed by atoms with Crippen molar-refractivity contribution in [2.45, 2.75) is 46.0 Å². The van der Waals surface area contributed by atoms with Crippen LogP contribution in [0.5, 0.6) is 0 Å². The predicted octanol–water partition coefficient (Wildman–Crippen LogP) is 3.93. The number of carbonyl (C=O) groups is 2. The van der Waals surface area contributed by atoms with E-state index in [1.54, 1.807) is 17.0 Å². The van der Waals surface area contributed by atoms with Crippen molar-refractivity contribution >= 4 is 17.5 Å². The highest BCUT2D eigenvalue weighted by Gasteiger charge is 2.40. The zero-order valence-corrected chi connectivity index (χ0v) is 14.8. The third-order valence-corrected chi connectivity index (χ3v) is 5.80. The Kier molecular flexibility index (Phi) is 5.22. The second kappa shape index (κ2) is 7.37. The van der Waals surface area contributed by atoms with Gasteiger partial charge in [-0.3, -0.25) is 9.59 Å². The lowest BCUT2D eigenvalue weighted by Crippen LogP contribution is -2.30. The first-order valence-corrected chi connectivity index (χ1v) is 9.29. The van der Waals surface area contributed by atoms with Gasteiger partial charge >= 0.3 is 0 Å². The lowest BCUT2D eigenvalue weighted by atomic mass is 9.86. The Morgan fingerprint density at radius 2 is 1.79 bits per heavy atom. The minimum Gasteiger partial charge on any atom is -0.339 e. The fraction of sp³-hybridized carbons (Fsp3) is 0.600. The number of hydrogen-bond donors (Lipinski definition) is 1. The average Bonchev–Trinajstić information content (AvgIpc) is 3.19. The molecule has 0 unspecified atom stereocenters. The van der Waals surface area contributed by atoms with Crippen molar-refractivity contribution in [2.75, 3.05) is 18.4 Å². The summed E-state index contributed by atoms with van der Waals surface area (Å²) in [4.78, 5) is 26.4. The largest absolute Gasteiger partial charge is 0.339 e. The second-order valence-electron chi connectivity index (χ2n) is 7.24. The molecule has 1 aromatic carbocycles. The molecule has 2 saturated carbocycles. The molecular formula is C20H28N2O2. The molecule has 0 aliphatic heterocycles. The van der Waals surface area contributed by atoms with Crippen LogP contribution in [0.1, 0.15) is 56.3 Å². The molecule has 4 nitrogen and oxygen atoms in total. The average molecular weight is 328 g/mol. The summed E-state index contributed by atoms with van der Waals surface area (Å²) in [6, 6.07) is 7.26. The highest BCUT2D eigenvalue weighted by atomic mass is 16.2. The van der Waals surface area contributed by atoms with E-state index in [9.17, 15) is 9.59 Å². The Labute approximate surface area is 144 Å². The molecule has 0 radical (unpaired) electrons. The van der Waals surface area contributed by atoms with Crippen LogP contribution in [0.3, 0.4) is 0 Å². The third-order valence-electron chi connectivity index (χ3n) is 5.80. The topological polar surface area (TPSA) is 49.4 Å². The van der Waals surface area contributed by atoms with E-state index in [1.807, 2.05) is 26.0 Å². The first-order valence-electron chi connectivity index (χ1n) is 9.29. The maximum atomic E-state index is 12.3. The van der Waals surface area contributed by atoms with Crippen LogP contribution in [-0.4, -0.2) is 29.8 Å². The van der Waals surface area contributed by atoms with Gasteiger partial charge in [0.2, 0.25) is 5.91 Å². The molecule has 0 spiro atoms. The van der Waals surface area contributed by atoms with Crippen molar-refractivity contribution < 1.29 is 9.59 Å². The molecule has 1 aromatic rings. The number of nitrogens with one attached hydrogen (secondary N) is 1. The summed E-state index contributed by atoms with van der Waals surface area (Å²) in [6.07, 6.45) is 5.88. The van der Waals surface area contributed by atoms with Gasteiger partial charge < -0.3 is 10.2 Å². The summed E-state index contributed by atoms with van der Waals surface area (Å²) in [5, 5.41) is 2.99. The van der Waals surface area contributed by atoms with Gasteiger partial charge in [0.15, 0.2) is 0 Å². The van der Waals surface area contributed by atoms with Gasteiger partial charge in [-0.15, -0.1) is 0 Å². The molecule has 24 heavy (non-hydrogen) atoms. The minimum atomic E-state index is 0.0415. The number of nitrogens with zero attached hydrogens (tertiary/aromatic N) is 1. The Bertz CT molecular complexity index is 592. The number of hydrogen-bond acceptors (Lipinski definition) is 2. The Morgan fingerprint density at radius 1 is 1.08 bits per heavy atom. The van der Waals surface area contributed by atoms with Gasteiger partial charge in [0.05, 0.1) is 0 Å². The van der Waals surface area contributed by atoms with Crippen LogP contribution in [0.4, 0.5) is 5.69 Å². The van der Waals surface area contributed by atoms with Gasteiger partial charge in [-0.1, -0.05) is 6.42 Å². The number of fused-ring (bicyclic) bond motifs is 2. The van der Waals surface area contributed by atoms with Crippen molar-refractivity contribution in [3.05, 3.63) is 29.8 Å². The quantitative estimate of drug-likeness (QED) is 0.860. The smallest absolute Gasteiger partial charge is 0.253 e. The molecule has 1 N–H and O–H groups in total. The maximum absolute atomic E-state index is 12.3. The third kappa shape index (κ3) is 3.63. The Morgan fingerprint density at radius 3 is 2.33 bits per heavy atom. The predicted molar refractivity (Wildman–Crippen MR) is 95.9 cm³/mol. The van der Waals surface area contributed by atoms with Crippen LogP contribution in [-0.2, 0) is 4.79 Å². The van der Waals surface area contributed by atoms with Gasteiger partial charge in [-0.25, -0.2) is 0 Å². The fourth-order valence-corrected chi connectivity index (χ4v) is 4.47. The van der Waals surface area contributed by atoms with E-state index >= 15 is 0 Å². The van der Waals surface area contributed by atoms with Crippen LogP contribution in [0, 0.1) is 17.8 Å². The Hall–Kier alpha value is -1.84. The van der Waals surface area contributed by atoms with Crippen molar-refractivity contribution in [1.29, 1.82) is 0 Å². The zero-order valence-electron chi connectivity index (χ0n) is 14.8. The lowest BCUT2D eigenvalue weighted by molar-refractivity contribution is -0.117. The second-order valence-corrected chi connectivity index (χ2v) is 7.24. The highest BCUT2D eigenvalue weighted by molar-refractivity contribution is 5.95. The molecule has 2 aliphatic rings. The standard InChI is InChI=1S/C20H28N2O2/c1-3-22(4-2)20(24)15-7-9-18(10-8-15)21-19(23)13-17-12-14-5-6-16(17)11-14/h7-10,14,16-17H,3-6,11-13H2,1-2H3,(H,21,23)/t14-,16+,17+/m0/s1. The van der Waals surface area contributed by atoms with E-state index in [0.29, 0.717) is 31.0 Å². The molecule has 2 amide bonds. The van der Waals surface area contributed by atoms with Gasteiger partial charge in [-0.2, -0.15) is 0 Å². The molecule has 2 aliphatic carbocycles. The summed E-state index contributed by atoms with van der Waals surface area (Å²) in [7, 11) is 0. The molecule has 0 saturated heterocycles. The van der Waals surface area contributed by atoms with E-state index in [-0.39, 0.29) is 11.8 Å². The van der Waals surface area contributed by atoms with Crippen LogP contribution >= 0.6 is 0 Å². The lowest BCUT2D eigenvalue weighted by Gasteiger charge is -2.21. The van der Waals surface area contributed by atoms with Crippen LogP contribution in [0.15, 0.2) is 24.3 Å². The molecule has 3 rings (SSSR count). The summed E-state index contributed by atoms with van der Waals surface area (Å²) in [5.41, 5.74) is 1.45. The van der Waals surface area contributed by atoms with Gasteiger partial charge in [0, 0.05) is 30.8 Å². The zero-order chi connectivity index (χ0) is 17.1. The van der Waals surface area contributed by atoms with Crippen LogP contribution in [0.2, 0.25) is 0 Å². The van der Waals surface area contributed by atoms with Crippen molar-refractivity contribution in [1.82, 2.24) is 4.90 Å². The molecular weight excluding hydrogens is 300 g/mol. The number of carbonyl (C=O) groups excluding carboxylic acids is 2. The summed E-state index contributed by atoms with van der Waals surface area (Å²) >= 11 is 0. The monoisotopic (exact) mass is 328 g/mol. The first-order chi connectivity index (χ1) is 11.6. The fourth-order valence-electron chi connectivity index (χ4n) is 4.47. The van der Waals surface area contributed by atoms with E-state index in [4.69, 9.17) is 0 Å². The van der Waals surface area contributed by atoms with Crippen molar-refractivity contribution in [2.24, 2.45) is 17.8 Å². The van der Waals surface area contributed by atoms with Crippen LogP contribution < -0.4 is 5.32 Å². The van der Waals surface area contributed by atoms with Crippen LogP contribution in [0.25, 0.3) is 0 Å². The molecule has 3 atom stereocenters. The van der Waals surface area contributed by atoms with Gasteiger partial charge in [0.1, 0.15) is 0 Å². The SMILES string of the molecule is CCN(CC)C(=O)c1ccc(NC(=O)C[C@H]2C[C@H]3CC[C@@H]2C3)cc1. The summed E-state index contributed by atoms with van der Waals surface area (Å²) in [6.45, 7) is 5.37. The molecule has 2 fully saturated rings. The number of amides is 2. The molecule has 0 heterocycles. The van der Waals surface area contributed by atoms with E-state index < -0.39 is 0 Å². The van der Waals surface area contributed by atoms with Crippen molar-refractivity contribution in [3.8, 4) is 0 Å². The summed E-state index contributed by atoms with van der Waals surface area (Å²) in [5.74, 6) is 2.37. The molecule has 130 valence electrons. The number of benzene rings is 1. The van der Waals surface area contributed by atoms with Gasteiger partial charge in [-0.05, 0) is 75.1 Å². The number of rotatable bonds is 6. The van der Waals surface area contributed by atoms with E-state index in [2.05, 4.69) is 5.32 Å². The first kappa shape index (κ1) is 17.0. The van der Waals surface area contributed by atoms with E-state index in [1.165, 1.54) is 25.7 Å². The normalized spacial score (nSPS) is 24.8. The highest BCUT2D eigenvalue weighted by Crippen LogP contribution is 2.49. The van der Waals surface area contributed by atoms with Crippen molar-refractivity contribution in [3.63, 3.8) is 0 Å². The Balaban J connectivity index is 1.54. The summed E-state index contributed by atoms with van der Waals surface area (Å²) < 4.78 is 0. The van der Waals surface area contributed by atoms with E-state index in [0.717, 1.165) is 17.5 Å². The maximum Gasteiger partial charge on any atom is 0.253 e. The number of anilines is 1. The van der Waals surface area contributed by atoms with Gasteiger partial charge in [0.25, 0.3) is 5.91 Å². The minimum absolute atomic E-state index is 0.0415. The molecule has 4 heteroatoms.